The molecule has 1 N–H and O–H groups in total. The van der Waals surface area contributed by atoms with E-state index in [4.69, 9.17) is 9.47 Å². The zero-order valence-electron chi connectivity index (χ0n) is 17.1. The van der Waals surface area contributed by atoms with Gasteiger partial charge in [-0.3, -0.25) is 4.79 Å². The van der Waals surface area contributed by atoms with Gasteiger partial charge in [0.15, 0.2) is 6.61 Å². The van der Waals surface area contributed by atoms with E-state index in [-0.39, 0.29) is 22.8 Å². The Morgan fingerprint density at radius 3 is 2.42 bits per heavy atom. The summed E-state index contributed by atoms with van der Waals surface area (Å²) < 4.78 is 37.7. The summed E-state index contributed by atoms with van der Waals surface area (Å²) in [6.45, 7) is -0.326. The number of hydrogen-bond acceptors (Lipinski definition) is 6. The van der Waals surface area contributed by atoms with Crippen LogP contribution in [0.4, 0.5) is 0 Å². The van der Waals surface area contributed by atoms with Gasteiger partial charge in [-0.2, -0.15) is 4.31 Å². The molecular weight excluding hydrogens is 420 g/mol. The molecule has 0 saturated heterocycles. The van der Waals surface area contributed by atoms with E-state index in [1.165, 1.54) is 36.7 Å². The lowest BCUT2D eigenvalue weighted by Gasteiger charge is -2.19. The second kappa shape index (κ2) is 9.59. The molecule has 2 aromatic carbocycles. The second-order valence-electron chi connectivity index (χ2n) is 6.70. The molecule has 0 saturated carbocycles. The number of nitrogens with one attached hydrogen (secondary N) is 1. The fourth-order valence-corrected chi connectivity index (χ4v) is 4.23. The molecule has 0 amide bonds. The number of aromatic amines is 1. The molecule has 0 radical (unpaired) electrons. The monoisotopic (exact) mass is 442 g/mol. The molecule has 0 fully saturated rings. The average Bonchev–Trinajstić information content (AvgIpc) is 3.32. The molecular formula is C22H22N2O6S. The summed E-state index contributed by atoms with van der Waals surface area (Å²) in [6, 6.07) is 16.3. The van der Waals surface area contributed by atoms with Gasteiger partial charge in [-0.05, 0) is 35.9 Å². The first kappa shape index (κ1) is 22.3. The van der Waals surface area contributed by atoms with E-state index < -0.39 is 28.4 Å². The number of aromatic nitrogens is 1. The Morgan fingerprint density at radius 1 is 1.03 bits per heavy atom. The van der Waals surface area contributed by atoms with Crippen molar-refractivity contribution in [2.24, 2.45) is 0 Å². The topological polar surface area (TPSA) is 106 Å². The van der Waals surface area contributed by atoms with Crippen molar-refractivity contribution < 1.29 is 27.5 Å². The zero-order chi connectivity index (χ0) is 22.4. The number of ketones is 1. The average molecular weight is 442 g/mol. The molecule has 3 aromatic rings. The number of hydrogen-bond donors (Lipinski definition) is 1. The maximum Gasteiger partial charge on any atom is 0.338 e. The van der Waals surface area contributed by atoms with E-state index in [9.17, 15) is 18.0 Å². The van der Waals surface area contributed by atoms with Gasteiger partial charge in [0.2, 0.25) is 15.8 Å². The van der Waals surface area contributed by atoms with E-state index in [2.05, 4.69) is 4.98 Å². The molecule has 9 heteroatoms. The number of ether oxygens (including phenoxy) is 2. The minimum atomic E-state index is -3.97. The van der Waals surface area contributed by atoms with Crippen molar-refractivity contribution in [1.29, 1.82) is 0 Å². The van der Waals surface area contributed by atoms with Gasteiger partial charge >= 0.3 is 5.97 Å². The third kappa shape index (κ3) is 5.19. The van der Waals surface area contributed by atoms with Gasteiger partial charge in [0.05, 0.1) is 18.4 Å². The van der Waals surface area contributed by atoms with Crippen LogP contribution in [0, 0.1) is 0 Å². The van der Waals surface area contributed by atoms with E-state index in [1.807, 2.05) is 30.3 Å². The molecule has 31 heavy (non-hydrogen) atoms. The van der Waals surface area contributed by atoms with Gasteiger partial charge in [0.1, 0.15) is 10.6 Å². The summed E-state index contributed by atoms with van der Waals surface area (Å²) in [7, 11) is -1.18. The Bertz CT molecular complexity index is 1160. The van der Waals surface area contributed by atoms with Gasteiger partial charge < -0.3 is 14.5 Å². The number of rotatable bonds is 9. The SMILES string of the molecule is COc1ccc(C(=O)OCC(=O)c2ccc[nH]2)cc1S(=O)(=O)N(C)Cc1ccccc1. The van der Waals surface area contributed by atoms with E-state index in [1.54, 1.807) is 18.3 Å². The van der Waals surface area contributed by atoms with Crippen molar-refractivity contribution >= 4 is 21.8 Å². The van der Waals surface area contributed by atoms with Gasteiger partial charge in [-0.15, -0.1) is 0 Å². The lowest BCUT2D eigenvalue weighted by molar-refractivity contribution is 0.0473. The van der Waals surface area contributed by atoms with E-state index >= 15 is 0 Å². The standard InChI is InChI=1S/C22H22N2O6S/c1-24(14-16-7-4-3-5-8-16)31(27,28)21-13-17(10-11-20(21)29-2)22(26)30-15-19(25)18-9-6-12-23-18/h3-13,23H,14-15H2,1-2H3. The van der Waals surface area contributed by atoms with Crippen molar-refractivity contribution in [3.8, 4) is 5.75 Å². The van der Waals surface area contributed by atoms with Gasteiger partial charge in [0, 0.05) is 19.8 Å². The second-order valence-corrected chi connectivity index (χ2v) is 8.71. The Balaban J connectivity index is 1.80. The van der Waals surface area contributed by atoms with E-state index in [0.717, 1.165) is 5.56 Å². The molecule has 0 spiro atoms. The number of esters is 1. The first-order valence-electron chi connectivity index (χ1n) is 9.35. The third-order valence-corrected chi connectivity index (χ3v) is 6.39. The highest BCUT2D eigenvalue weighted by molar-refractivity contribution is 7.89. The van der Waals surface area contributed by atoms with Gasteiger partial charge in [-0.1, -0.05) is 30.3 Å². The van der Waals surface area contributed by atoms with Crippen LogP contribution in [0.2, 0.25) is 0 Å². The fourth-order valence-electron chi connectivity index (χ4n) is 2.89. The summed E-state index contributed by atoms with van der Waals surface area (Å²) in [4.78, 5) is 27.0. The zero-order valence-corrected chi connectivity index (χ0v) is 17.9. The number of carbonyl (C=O) groups excluding carboxylic acids is 2. The van der Waals surface area contributed by atoms with Crippen molar-refractivity contribution in [3.05, 3.63) is 83.7 Å². The number of Topliss-reactive ketones (excluding diaryl/α,β-unsaturated/α-hetero) is 1. The molecule has 0 atom stereocenters. The molecule has 0 aliphatic rings. The number of nitrogens with zero attached hydrogens (tertiary/aromatic N) is 1. The number of benzene rings is 2. The van der Waals surface area contributed by atoms with Crippen LogP contribution in [-0.2, 0) is 21.3 Å². The Kier molecular flexibility index (Phi) is 6.88. The lowest BCUT2D eigenvalue weighted by Crippen LogP contribution is -2.27. The Morgan fingerprint density at radius 2 is 1.77 bits per heavy atom. The number of H-pyrrole nitrogens is 1. The Hall–Kier alpha value is -3.43. The first-order valence-corrected chi connectivity index (χ1v) is 10.8. The molecule has 1 heterocycles. The van der Waals surface area contributed by atoms with Crippen molar-refractivity contribution in [3.63, 3.8) is 0 Å². The normalized spacial score (nSPS) is 11.3. The molecule has 1 aromatic heterocycles. The van der Waals surface area contributed by atoms with Crippen LogP contribution in [0.5, 0.6) is 5.75 Å². The highest BCUT2D eigenvalue weighted by Gasteiger charge is 2.27. The highest BCUT2D eigenvalue weighted by atomic mass is 32.2. The minimum Gasteiger partial charge on any atom is -0.495 e. The molecule has 8 nitrogen and oxygen atoms in total. The highest BCUT2D eigenvalue weighted by Crippen LogP contribution is 2.28. The maximum absolute atomic E-state index is 13.1. The van der Waals surface area contributed by atoms with Crippen LogP contribution in [-0.4, -0.2) is 50.2 Å². The summed E-state index contributed by atoms with van der Waals surface area (Å²) >= 11 is 0. The predicted molar refractivity (Wildman–Crippen MR) is 113 cm³/mol. The number of methoxy groups -OCH3 is 1. The molecule has 162 valence electrons. The molecule has 0 bridgehead atoms. The summed E-state index contributed by atoms with van der Waals surface area (Å²) in [6.07, 6.45) is 1.58. The van der Waals surface area contributed by atoms with E-state index in [0.29, 0.717) is 5.69 Å². The van der Waals surface area contributed by atoms with Crippen LogP contribution < -0.4 is 4.74 Å². The van der Waals surface area contributed by atoms with Gasteiger partial charge in [0.25, 0.3) is 0 Å². The summed E-state index contributed by atoms with van der Waals surface area (Å²) in [5, 5.41) is 0. The van der Waals surface area contributed by atoms with Crippen LogP contribution in [0.3, 0.4) is 0 Å². The quantitative estimate of drug-likeness (QED) is 0.404. The molecule has 0 unspecified atom stereocenters. The predicted octanol–water partition coefficient (Wildman–Crippen LogP) is 2.88. The van der Waals surface area contributed by atoms with Crippen molar-refractivity contribution in [2.75, 3.05) is 20.8 Å². The molecule has 0 aliphatic carbocycles. The molecule has 0 aliphatic heterocycles. The Labute approximate surface area is 180 Å². The summed E-state index contributed by atoms with van der Waals surface area (Å²) in [5.74, 6) is -1.12. The van der Waals surface area contributed by atoms with Gasteiger partial charge in [-0.25, -0.2) is 13.2 Å². The summed E-state index contributed by atoms with van der Waals surface area (Å²) in [5.41, 5.74) is 1.12. The fraction of sp³-hybridized carbons (Fsp3) is 0.182. The molecule has 3 rings (SSSR count). The number of sulfonamides is 1. The van der Waals surface area contributed by atoms with Crippen LogP contribution >= 0.6 is 0 Å². The third-order valence-electron chi connectivity index (χ3n) is 4.57. The number of carbonyl (C=O) groups is 2. The van der Waals surface area contributed by atoms with Crippen molar-refractivity contribution in [2.45, 2.75) is 11.4 Å². The smallest absolute Gasteiger partial charge is 0.338 e. The van der Waals surface area contributed by atoms with Crippen molar-refractivity contribution in [1.82, 2.24) is 9.29 Å². The van der Waals surface area contributed by atoms with Crippen LogP contribution in [0.1, 0.15) is 26.4 Å². The first-order chi connectivity index (χ1) is 14.8. The maximum atomic E-state index is 13.1. The van der Waals surface area contributed by atoms with Crippen LogP contribution in [0.25, 0.3) is 0 Å². The lowest BCUT2D eigenvalue weighted by atomic mass is 10.2. The minimum absolute atomic E-state index is 0.00762. The largest absolute Gasteiger partial charge is 0.495 e. The van der Waals surface area contributed by atoms with Crippen LogP contribution in [0.15, 0.2) is 71.8 Å².